The van der Waals surface area contributed by atoms with E-state index < -0.39 is 0 Å². The van der Waals surface area contributed by atoms with Crippen LogP contribution in [0.15, 0.2) is 65.1 Å². The summed E-state index contributed by atoms with van der Waals surface area (Å²) in [4.78, 5) is 16.9. The number of aryl methyl sites for hydroxylation is 2. The second kappa shape index (κ2) is 8.34. The molecule has 1 N–H and O–H groups in total. The van der Waals surface area contributed by atoms with Gasteiger partial charge in [-0.15, -0.1) is 0 Å². The van der Waals surface area contributed by atoms with Crippen molar-refractivity contribution < 1.29 is 9.21 Å². The normalized spacial score (nSPS) is 11.3. The van der Waals surface area contributed by atoms with Crippen molar-refractivity contribution in [2.75, 3.05) is 5.32 Å². The van der Waals surface area contributed by atoms with Gasteiger partial charge in [0.15, 0.2) is 5.58 Å². The summed E-state index contributed by atoms with van der Waals surface area (Å²) in [6.07, 6.45) is 3.06. The van der Waals surface area contributed by atoms with E-state index in [1.807, 2.05) is 26.0 Å². The molecule has 0 aliphatic carbocycles. The molecule has 4 aromatic rings. The molecular formula is C24H18Cl2N2O2. The van der Waals surface area contributed by atoms with E-state index in [0.717, 1.165) is 11.1 Å². The van der Waals surface area contributed by atoms with Gasteiger partial charge in [-0.1, -0.05) is 47.0 Å². The Kier molecular flexibility index (Phi) is 5.62. The summed E-state index contributed by atoms with van der Waals surface area (Å²) in [5.41, 5.74) is 5.90. The van der Waals surface area contributed by atoms with E-state index in [-0.39, 0.29) is 5.91 Å². The summed E-state index contributed by atoms with van der Waals surface area (Å²) < 4.78 is 5.90. The van der Waals surface area contributed by atoms with Gasteiger partial charge >= 0.3 is 0 Å². The average molecular weight is 437 g/mol. The fourth-order valence-corrected chi connectivity index (χ4v) is 3.63. The molecule has 0 aliphatic heterocycles. The van der Waals surface area contributed by atoms with E-state index in [2.05, 4.69) is 16.4 Å². The number of rotatable bonds is 4. The molecule has 0 saturated heterocycles. The minimum Gasteiger partial charge on any atom is -0.436 e. The molecular weight excluding hydrogens is 419 g/mol. The average Bonchev–Trinajstić information content (AvgIpc) is 3.10. The van der Waals surface area contributed by atoms with Crippen LogP contribution in [0.2, 0.25) is 10.0 Å². The number of benzene rings is 3. The van der Waals surface area contributed by atoms with Gasteiger partial charge in [0.05, 0.1) is 0 Å². The van der Waals surface area contributed by atoms with Crippen LogP contribution >= 0.6 is 23.2 Å². The Labute approximate surface area is 184 Å². The van der Waals surface area contributed by atoms with Crippen molar-refractivity contribution in [2.45, 2.75) is 13.8 Å². The van der Waals surface area contributed by atoms with E-state index in [1.165, 1.54) is 11.6 Å². The highest BCUT2D eigenvalue weighted by Gasteiger charge is 2.11. The van der Waals surface area contributed by atoms with E-state index in [1.54, 1.807) is 42.5 Å². The van der Waals surface area contributed by atoms with E-state index in [0.29, 0.717) is 38.3 Å². The summed E-state index contributed by atoms with van der Waals surface area (Å²) >= 11 is 12.0. The molecule has 0 unspecified atom stereocenters. The number of carbonyl (C=O) groups excluding carboxylic acids is 1. The molecule has 150 valence electrons. The topological polar surface area (TPSA) is 55.1 Å². The smallest absolute Gasteiger partial charge is 0.248 e. The number of aromatic nitrogens is 1. The van der Waals surface area contributed by atoms with Gasteiger partial charge in [-0.2, -0.15) is 0 Å². The summed E-state index contributed by atoms with van der Waals surface area (Å²) in [6.45, 7) is 4.08. The Morgan fingerprint density at radius 3 is 2.63 bits per heavy atom. The standard InChI is InChI=1S/C24H18Cl2N2O2/c1-14-3-8-19(15(2)11-14)24-28-21-13-18(7-9-22(21)30-24)27-23(29)10-5-16-4-6-17(25)12-20(16)26/h3-13H,1-2H3,(H,27,29)/b10-5+. The molecule has 4 rings (SSSR count). The Balaban J connectivity index is 1.53. The molecule has 6 heteroatoms. The van der Waals surface area contributed by atoms with Gasteiger partial charge in [0, 0.05) is 27.4 Å². The molecule has 0 aliphatic rings. The third kappa shape index (κ3) is 4.40. The van der Waals surface area contributed by atoms with Crippen LogP contribution in [-0.4, -0.2) is 10.9 Å². The zero-order valence-corrected chi connectivity index (χ0v) is 17.9. The van der Waals surface area contributed by atoms with Crippen molar-refractivity contribution in [3.05, 3.63) is 87.4 Å². The Morgan fingerprint density at radius 2 is 1.87 bits per heavy atom. The van der Waals surface area contributed by atoms with Gasteiger partial charge in [-0.05, 0) is 67.4 Å². The monoisotopic (exact) mass is 436 g/mol. The Morgan fingerprint density at radius 1 is 1.03 bits per heavy atom. The van der Waals surface area contributed by atoms with Crippen molar-refractivity contribution >= 4 is 52.0 Å². The highest BCUT2D eigenvalue weighted by molar-refractivity contribution is 6.35. The zero-order valence-electron chi connectivity index (χ0n) is 16.4. The molecule has 1 amide bonds. The molecule has 0 bridgehead atoms. The first-order valence-electron chi connectivity index (χ1n) is 9.31. The first-order chi connectivity index (χ1) is 14.4. The number of carbonyl (C=O) groups is 1. The van der Waals surface area contributed by atoms with Gasteiger partial charge in [0.1, 0.15) is 5.52 Å². The van der Waals surface area contributed by atoms with Crippen LogP contribution in [-0.2, 0) is 4.79 Å². The van der Waals surface area contributed by atoms with Gasteiger partial charge < -0.3 is 9.73 Å². The van der Waals surface area contributed by atoms with Crippen molar-refractivity contribution in [3.8, 4) is 11.5 Å². The quantitative estimate of drug-likeness (QED) is 0.348. The maximum Gasteiger partial charge on any atom is 0.248 e. The summed E-state index contributed by atoms with van der Waals surface area (Å²) in [5, 5.41) is 3.85. The van der Waals surface area contributed by atoms with Crippen molar-refractivity contribution in [3.63, 3.8) is 0 Å². The number of anilines is 1. The minimum atomic E-state index is -0.279. The Bertz CT molecular complexity index is 1290. The van der Waals surface area contributed by atoms with Gasteiger partial charge in [0.2, 0.25) is 11.8 Å². The van der Waals surface area contributed by atoms with E-state index >= 15 is 0 Å². The Hall–Kier alpha value is -3.08. The predicted molar refractivity (Wildman–Crippen MR) is 123 cm³/mol. The van der Waals surface area contributed by atoms with Crippen LogP contribution in [0.25, 0.3) is 28.6 Å². The van der Waals surface area contributed by atoms with Gasteiger partial charge in [0.25, 0.3) is 0 Å². The lowest BCUT2D eigenvalue weighted by Crippen LogP contribution is -2.07. The second-order valence-corrected chi connectivity index (χ2v) is 7.85. The number of halogens is 2. The number of fused-ring (bicyclic) bond motifs is 1. The van der Waals surface area contributed by atoms with Crippen LogP contribution in [0.3, 0.4) is 0 Å². The molecule has 0 saturated carbocycles. The third-order valence-electron chi connectivity index (χ3n) is 4.64. The second-order valence-electron chi connectivity index (χ2n) is 7.01. The van der Waals surface area contributed by atoms with Crippen molar-refractivity contribution in [1.82, 2.24) is 4.98 Å². The first kappa shape index (κ1) is 20.2. The zero-order chi connectivity index (χ0) is 21.3. The molecule has 3 aromatic carbocycles. The highest BCUT2D eigenvalue weighted by Crippen LogP contribution is 2.29. The molecule has 1 heterocycles. The van der Waals surface area contributed by atoms with E-state index in [9.17, 15) is 4.79 Å². The molecule has 0 radical (unpaired) electrons. The maximum absolute atomic E-state index is 12.3. The van der Waals surface area contributed by atoms with Crippen molar-refractivity contribution in [2.24, 2.45) is 0 Å². The number of hydrogen-bond donors (Lipinski definition) is 1. The number of oxazole rings is 1. The van der Waals surface area contributed by atoms with Crippen LogP contribution in [0.5, 0.6) is 0 Å². The van der Waals surface area contributed by atoms with Crippen LogP contribution < -0.4 is 5.32 Å². The molecule has 1 aromatic heterocycles. The fraction of sp³-hybridized carbons (Fsp3) is 0.0833. The van der Waals surface area contributed by atoms with E-state index in [4.69, 9.17) is 27.6 Å². The van der Waals surface area contributed by atoms with Gasteiger partial charge in [-0.3, -0.25) is 4.79 Å². The summed E-state index contributed by atoms with van der Waals surface area (Å²) in [5.74, 6) is 0.279. The lowest BCUT2D eigenvalue weighted by Gasteiger charge is -2.02. The lowest BCUT2D eigenvalue weighted by atomic mass is 10.1. The molecule has 0 fully saturated rings. The largest absolute Gasteiger partial charge is 0.436 e. The highest BCUT2D eigenvalue weighted by atomic mass is 35.5. The molecule has 4 nitrogen and oxygen atoms in total. The summed E-state index contributed by atoms with van der Waals surface area (Å²) in [6, 6.07) is 16.6. The maximum atomic E-state index is 12.3. The van der Waals surface area contributed by atoms with Crippen molar-refractivity contribution in [1.29, 1.82) is 0 Å². The molecule has 30 heavy (non-hydrogen) atoms. The summed E-state index contributed by atoms with van der Waals surface area (Å²) in [7, 11) is 0. The van der Waals surface area contributed by atoms with Gasteiger partial charge in [-0.25, -0.2) is 4.98 Å². The first-order valence-corrected chi connectivity index (χ1v) is 10.1. The number of nitrogens with zero attached hydrogens (tertiary/aromatic N) is 1. The SMILES string of the molecule is Cc1ccc(-c2nc3cc(NC(=O)/C=C/c4ccc(Cl)cc4Cl)ccc3o2)c(C)c1. The molecule has 0 atom stereocenters. The van der Waals surface area contributed by atoms with Crippen LogP contribution in [0.4, 0.5) is 5.69 Å². The third-order valence-corrected chi connectivity index (χ3v) is 5.21. The van der Waals surface area contributed by atoms with Crippen LogP contribution in [0.1, 0.15) is 16.7 Å². The number of amides is 1. The molecule has 0 spiro atoms. The number of hydrogen-bond acceptors (Lipinski definition) is 3. The minimum absolute atomic E-state index is 0.279. The number of nitrogens with one attached hydrogen (secondary N) is 1. The lowest BCUT2D eigenvalue weighted by molar-refractivity contribution is -0.111. The van der Waals surface area contributed by atoms with Crippen LogP contribution in [0, 0.1) is 13.8 Å². The predicted octanol–water partition coefficient (Wildman–Crippen LogP) is 7.07. The fourth-order valence-electron chi connectivity index (χ4n) is 3.16.